The number of allylic oxidation sites excluding steroid dienone is 1. The molecule has 6 nitrogen and oxygen atoms in total. The van der Waals surface area contributed by atoms with Gasteiger partial charge in [-0.3, -0.25) is 0 Å². The van der Waals surface area contributed by atoms with E-state index in [1.165, 1.54) is 18.2 Å². The van der Waals surface area contributed by atoms with Crippen LogP contribution in [0.5, 0.6) is 0 Å². The number of carboxylic acids is 1. The van der Waals surface area contributed by atoms with Crippen molar-refractivity contribution in [2.45, 2.75) is 30.2 Å². The third kappa shape index (κ3) is 3.17. The van der Waals surface area contributed by atoms with Crippen LogP contribution >= 0.6 is 0 Å². The van der Waals surface area contributed by atoms with Gasteiger partial charge in [0.15, 0.2) is 0 Å². The van der Waals surface area contributed by atoms with E-state index in [1.807, 2.05) is 12.2 Å². The van der Waals surface area contributed by atoms with Gasteiger partial charge < -0.3 is 10.8 Å². The van der Waals surface area contributed by atoms with E-state index in [-0.39, 0.29) is 22.2 Å². The summed E-state index contributed by atoms with van der Waals surface area (Å²) >= 11 is 0. The molecule has 20 heavy (non-hydrogen) atoms. The van der Waals surface area contributed by atoms with Crippen LogP contribution in [0, 0.1) is 0 Å². The Kier molecular flexibility index (Phi) is 4.10. The fourth-order valence-electron chi connectivity index (χ4n) is 2.12. The first kappa shape index (κ1) is 14.5. The number of nitrogens with one attached hydrogen (secondary N) is 1. The fraction of sp³-hybridized carbons (Fsp3) is 0.308. The van der Waals surface area contributed by atoms with Crippen LogP contribution in [0.15, 0.2) is 35.2 Å². The number of aromatic carboxylic acids is 1. The Morgan fingerprint density at radius 1 is 1.35 bits per heavy atom. The number of nitrogen functional groups attached to an aromatic ring is 1. The van der Waals surface area contributed by atoms with Crippen molar-refractivity contribution in [1.29, 1.82) is 0 Å². The van der Waals surface area contributed by atoms with Crippen molar-refractivity contribution in [3.63, 3.8) is 0 Å². The van der Waals surface area contributed by atoms with E-state index < -0.39 is 16.0 Å². The highest BCUT2D eigenvalue weighted by molar-refractivity contribution is 7.89. The van der Waals surface area contributed by atoms with Crippen LogP contribution in [-0.4, -0.2) is 25.5 Å². The number of anilines is 1. The lowest BCUT2D eigenvalue weighted by molar-refractivity contribution is 0.0692. The Morgan fingerprint density at radius 2 is 2.10 bits per heavy atom. The zero-order chi connectivity index (χ0) is 14.8. The van der Waals surface area contributed by atoms with Gasteiger partial charge in [0.05, 0.1) is 10.5 Å². The third-order valence-electron chi connectivity index (χ3n) is 3.12. The number of hydrogen-bond acceptors (Lipinski definition) is 4. The molecule has 1 unspecified atom stereocenters. The van der Waals surface area contributed by atoms with Crippen molar-refractivity contribution < 1.29 is 18.3 Å². The first-order chi connectivity index (χ1) is 9.40. The lowest BCUT2D eigenvalue weighted by Crippen LogP contribution is -2.36. The van der Waals surface area contributed by atoms with Crippen LogP contribution < -0.4 is 10.5 Å². The Hall–Kier alpha value is -1.86. The molecule has 0 aromatic heterocycles. The second kappa shape index (κ2) is 5.64. The summed E-state index contributed by atoms with van der Waals surface area (Å²) in [5.41, 5.74) is 5.49. The van der Waals surface area contributed by atoms with E-state index in [9.17, 15) is 13.2 Å². The quantitative estimate of drug-likeness (QED) is 0.574. The SMILES string of the molecule is Nc1ccc(C(=O)O)c(S(=O)(=O)NC2CC=CCC2)c1. The Bertz CT molecular complexity index is 652. The average molecular weight is 296 g/mol. The van der Waals surface area contributed by atoms with Crippen LogP contribution in [0.3, 0.4) is 0 Å². The minimum Gasteiger partial charge on any atom is -0.478 e. The summed E-state index contributed by atoms with van der Waals surface area (Å²) in [6.07, 6.45) is 6.00. The van der Waals surface area contributed by atoms with Gasteiger partial charge in [-0.2, -0.15) is 0 Å². The van der Waals surface area contributed by atoms with Crippen molar-refractivity contribution >= 4 is 21.7 Å². The number of carbonyl (C=O) groups is 1. The molecule has 0 heterocycles. The average Bonchev–Trinajstić information content (AvgIpc) is 2.39. The van der Waals surface area contributed by atoms with Crippen LogP contribution in [0.1, 0.15) is 29.6 Å². The minimum absolute atomic E-state index is 0.207. The van der Waals surface area contributed by atoms with Crippen LogP contribution in [0.4, 0.5) is 5.69 Å². The maximum Gasteiger partial charge on any atom is 0.337 e. The van der Waals surface area contributed by atoms with Crippen molar-refractivity contribution in [1.82, 2.24) is 4.72 Å². The highest BCUT2D eigenvalue weighted by Gasteiger charge is 2.25. The molecule has 1 aliphatic carbocycles. The molecular formula is C13H16N2O4S. The molecule has 0 spiro atoms. The van der Waals surface area contributed by atoms with E-state index in [1.54, 1.807) is 0 Å². The summed E-state index contributed by atoms with van der Waals surface area (Å²) in [5.74, 6) is -1.30. The fourth-order valence-corrected chi connectivity index (χ4v) is 3.64. The molecule has 0 fully saturated rings. The molecule has 1 atom stereocenters. The van der Waals surface area contributed by atoms with Crippen LogP contribution in [-0.2, 0) is 10.0 Å². The standard InChI is InChI=1S/C13H16N2O4S/c14-9-6-7-11(13(16)17)12(8-9)20(18,19)15-10-4-2-1-3-5-10/h1-2,6-8,10,15H,3-5,14H2,(H,16,17). The molecule has 1 aromatic carbocycles. The summed E-state index contributed by atoms with van der Waals surface area (Å²) in [6.45, 7) is 0. The molecule has 4 N–H and O–H groups in total. The summed E-state index contributed by atoms with van der Waals surface area (Å²) in [4.78, 5) is 10.8. The molecule has 0 radical (unpaired) electrons. The molecule has 0 aliphatic heterocycles. The van der Waals surface area contributed by atoms with Gasteiger partial charge in [-0.15, -0.1) is 0 Å². The molecule has 0 bridgehead atoms. The number of rotatable bonds is 4. The molecular weight excluding hydrogens is 280 g/mol. The molecule has 0 saturated heterocycles. The zero-order valence-electron chi connectivity index (χ0n) is 10.7. The van der Waals surface area contributed by atoms with Crippen molar-refractivity contribution in [2.75, 3.05) is 5.73 Å². The number of nitrogens with two attached hydrogens (primary N) is 1. The molecule has 1 aliphatic rings. The minimum atomic E-state index is -3.90. The Balaban J connectivity index is 2.35. The maximum absolute atomic E-state index is 12.3. The molecule has 7 heteroatoms. The van der Waals surface area contributed by atoms with Gasteiger partial charge in [0.1, 0.15) is 0 Å². The topological polar surface area (TPSA) is 109 Å². The van der Waals surface area contributed by atoms with E-state index >= 15 is 0 Å². The molecule has 0 saturated carbocycles. The van der Waals surface area contributed by atoms with Gasteiger partial charge in [-0.1, -0.05) is 12.2 Å². The van der Waals surface area contributed by atoms with Crippen molar-refractivity contribution in [2.24, 2.45) is 0 Å². The first-order valence-corrected chi connectivity index (χ1v) is 7.68. The Morgan fingerprint density at radius 3 is 2.70 bits per heavy atom. The van der Waals surface area contributed by atoms with Gasteiger partial charge in [-0.05, 0) is 37.5 Å². The summed E-state index contributed by atoms with van der Waals surface area (Å²) in [7, 11) is -3.90. The highest BCUT2D eigenvalue weighted by atomic mass is 32.2. The smallest absolute Gasteiger partial charge is 0.337 e. The predicted molar refractivity (Wildman–Crippen MR) is 74.9 cm³/mol. The third-order valence-corrected chi connectivity index (χ3v) is 4.68. The zero-order valence-corrected chi connectivity index (χ0v) is 11.6. The molecule has 1 aromatic rings. The summed E-state index contributed by atoms with van der Waals surface area (Å²) in [5, 5.41) is 9.08. The number of benzene rings is 1. The largest absolute Gasteiger partial charge is 0.478 e. The lowest BCUT2D eigenvalue weighted by atomic mass is 10.0. The highest BCUT2D eigenvalue weighted by Crippen LogP contribution is 2.21. The normalized spacial score (nSPS) is 18.9. The van der Waals surface area contributed by atoms with Crippen molar-refractivity contribution in [3.8, 4) is 0 Å². The monoisotopic (exact) mass is 296 g/mol. The van der Waals surface area contributed by atoms with Crippen molar-refractivity contribution in [3.05, 3.63) is 35.9 Å². The Labute approximate surface area is 117 Å². The van der Waals surface area contributed by atoms with E-state index in [0.29, 0.717) is 12.8 Å². The summed E-state index contributed by atoms with van der Waals surface area (Å²) in [6, 6.07) is 3.52. The van der Waals surface area contributed by atoms with Gasteiger partial charge in [0.2, 0.25) is 10.0 Å². The molecule has 2 rings (SSSR count). The van der Waals surface area contributed by atoms with E-state index in [0.717, 1.165) is 6.42 Å². The number of sulfonamides is 1. The lowest BCUT2D eigenvalue weighted by Gasteiger charge is -2.20. The van der Waals surface area contributed by atoms with Gasteiger partial charge in [-0.25, -0.2) is 17.9 Å². The second-order valence-corrected chi connectivity index (χ2v) is 6.35. The van der Waals surface area contributed by atoms with Gasteiger partial charge >= 0.3 is 5.97 Å². The molecule has 108 valence electrons. The summed E-state index contributed by atoms with van der Waals surface area (Å²) < 4.78 is 27.2. The second-order valence-electron chi connectivity index (χ2n) is 4.66. The number of hydrogen-bond donors (Lipinski definition) is 3. The van der Waals surface area contributed by atoms with Gasteiger partial charge in [0, 0.05) is 11.7 Å². The van der Waals surface area contributed by atoms with Crippen LogP contribution in [0.2, 0.25) is 0 Å². The van der Waals surface area contributed by atoms with E-state index in [4.69, 9.17) is 10.8 Å². The maximum atomic E-state index is 12.3. The first-order valence-electron chi connectivity index (χ1n) is 6.20. The van der Waals surface area contributed by atoms with Crippen LogP contribution in [0.25, 0.3) is 0 Å². The van der Waals surface area contributed by atoms with Gasteiger partial charge in [0.25, 0.3) is 0 Å². The molecule has 0 amide bonds. The van der Waals surface area contributed by atoms with E-state index in [2.05, 4.69) is 4.72 Å². The number of carboxylic acid groups (broad SMARTS) is 1. The predicted octanol–water partition coefficient (Wildman–Crippen LogP) is 1.35.